The van der Waals surface area contributed by atoms with E-state index in [-0.39, 0.29) is 5.70 Å². The predicted octanol–water partition coefficient (Wildman–Crippen LogP) is 6.34. The first-order chi connectivity index (χ1) is 16.5. The lowest BCUT2D eigenvalue weighted by molar-refractivity contribution is -0.117. The fourth-order valence-corrected chi connectivity index (χ4v) is 3.72. The first-order valence-electron chi connectivity index (χ1n) is 10.4. The summed E-state index contributed by atoms with van der Waals surface area (Å²) in [5.74, 6) is 0.0235. The lowest BCUT2D eigenvalue weighted by Crippen LogP contribution is -2.34. The van der Waals surface area contributed by atoms with Gasteiger partial charge in [0.2, 0.25) is 0 Å². The van der Waals surface area contributed by atoms with Crippen molar-refractivity contribution in [2.75, 3.05) is 0 Å². The monoisotopic (exact) mass is 490 g/mol. The van der Waals surface area contributed by atoms with Crippen molar-refractivity contribution < 1.29 is 14.0 Å². The van der Waals surface area contributed by atoms with E-state index in [1.807, 2.05) is 36.4 Å². The van der Waals surface area contributed by atoms with E-state index in [9.17, 15) is 9.59 Å². The average Bonchev–Trinajstić information content (AvgIpc) is 3.31. The summed E-state index contributed by atoms with van der Waals surface area (Å²) < 4.78 is 5.89. The van der Waals surface area contributed by atoms with Gasteiger partial charge in [-0.2, -0.15) is 0 Å². The molecule has 0 spiro atoms. The van der Waals surface area contributed by atoms with E-state index in [1.165, 1.54) is 6.08 Å². The molecule has 2 amide bonds. The van der Waals surface area contributed by atoms with Gasteiger partial charge in [0.25, 0.3) is 11.8 Å². The zero-order valence-electron chi connectivity index (χ0n) is 17.9. The number of carbonyl (C=O) groups excluding carboxylic acids is 2. The van der Waals surface area contributed by atoms with Crippen molar-refractivity contribution in [3.63, 3.8) is 0 Å². The minimum absolute atomic E-state index is 0.0490. The Morgan fingerprint density at radius 3 is 2.26 bits per heavy atom. The van der Waals surface area contributed by atoms with Gasteiger partial charge in [0, 0.05) is 28.8 Å². The maximum absolute atomic E-state index is 13.0. The number of nitrogens with one attached hydrogen (secondary N) is 2. The summed E-state index contributed by atoms with van der Waals surface area (Å²) in [5.41, 5.74) is 2.07. The molecule has 0 atom stereocenters. The van der Waals surface area contributed by atoms with Crippen LogP contribution in [0, 0.1) is 0 Å². The highest BCUT2D eigenvalue weighted by atomic mass is 35.5. The molecule has 34 heavy (non-hydrogen) atoms. The molecule has 2 N–H and O–H groups in total. The Kier molecular flexibility index (Phi) is 7.48. The van der Waals surface area contributed by atoms with Crippen molar-refractivity contribution in [3.05, 3.63) is 124 Å². The van der Waals surface area contributed by atoms with Crippen LogP contribution in [-0.4, -0.2) is 11.8 Å². The Balaban J connectivity index is 1.59. The van der Waals surface area contributed by atoms with E-state index in [0.29, 0.717) is 39.2 Å². The van der Waals surface area contributed by atoms with E-state index in [4.69, 9.17) is 27.6 Å². The van der Waals surface area contributed by atoms with Gasteiger partial charge in [-0.25, -0.2) is 0 Å². The molecule has 4 aromatic rings. The summed E-state index contributed by atoms with van der Waals surface area (Å²) in [5, 5.41) is 6.48. The fraction of sp³-hybridized carbons (Fsp3) is 0.0370. The molecule has 0 aliphatic heterocycles. The smallest absolute Gasteiger partial charge is 0.268 e. The molecule has 0 aliphatic carbocycles. The number of rotatable bonds is 7. The molecule has 0 fully saturated rings. The van der Waals surface area contributed by atoms with E-state index >= 15 is 0 Å². The van der Waals surface area contributed by atoms with E-state index in [0.717, 1.165) is 5.56 Å². The second kappa shape index (κ2) is 10.9. The zero-order chi connectivity index (χ0) is 23.9. The maximum Gasteiger partial charge on any atom is 0.268 e. The van der Waals surface area contributed by atoms with E-state index in [2.05, 4.69) is 10.6 Å². The molecule has 0 aliphatic rings. The number of hydrogen-bond donors (Lipinski definition) is 2. The van der Waals surface area contributed by atoms with Gasteiger partial charge in [0.15, 0.2) is 0 Å². The molecule has 0 bridgehead atoms. The zero-order valence-corrected chi connectivity index (χ0v) is 19.4. The van der Waals surface area contributed by atoms with Crippen LogP contribution in [0.4, 0.5) is 0 Å². The molecule has 0 saturated heterocycles. The van der Waals surface area contributed by atoms with Crippen molar-refractivity contribution >= 4 is 41.1 Å². The molecule has 3 aromatic carbocycles. The third kappa shape index (κ3) is 5.95. The SMILES string of the molecule is O=C(NCc1ccccc1)/C(=C\c1ccc(-c2ccc(Cl)cc2Cl)o1)NC(=O)c1ccccc1. The van der Waals surface area contributed by atoms with Crippen LogP contribution >= 0.6 is 23.2 Å². The summed E-state index contributed by atoms with van der Waals surface area (Å²) in [6.45, 7) is 0.308. The molecule has 0 saturated carbocycles. The summed E-state index contributed by atoms with van der Waals surface area (Å²) >= 11 is 12.3. The maximum atomic E-state index is 13.0. The number of benzene rings is 3. The van der Waals surface area contributed by atoms with E-state index < -0.39 is 11.8 Å². The molecule has 1 aromatic heterocycles. The molecule has 4 rings (SSSR count). The molecule has 7 heteroatoms. The topological polar surface area (TPSA) is 71.3 Å². The Bertz CT molecular complexity index is 1330. The predicted molar refractivity (Wildman–Crippen MR) is 134 cm³/mol. The van der Waals surface area contributed by atoms with Gasteiger partial charge < -0.3 is 15.1 Å². The van der Waals surface area contributed by atoms with E-state index in [1.54, 1.807) is 54.6 Å². The Hall–Kier alpha value is -3.80. The molecule has 0 unspecified atom stereocenters. The second-order valence-electron chi connectivity index (χ2n) is 7.37. The molecular formula is C27H20Cl2N2O3. The number of hydrogen-bond acceptors (Lipinski definition) is 3. The lowest BCUT2D eigenvalue weighted by atomic mass is 10.2. The Morgan fingerprint density at radius 2 is 1.56 bits per heavy atom. The van der Waals surface area contributed by atoms with Crippen LogP contribution in [0.3, 0.4) is 0 Å². The number of amides is 2. The molecule has 1 heterocycles. The van der Waals surface area contributed by atoms with Crippen LogP contribution in [0.2, 0.25) is 10.0 Å². The van der Waals surface area contributed by atoms with Gasteiger partial charge in [-0.1, -0.05) is 71.7 Å². The number of halogens is 2. The third-order valence-electron chi connectivity index (χ3n) is 4.93. The highest BCUT2D eigenvalue weighted by molar-refractivity contribution is 6.36. The molecule has 5 nitrogen and oxygen atoms in total. The summed E-state index contributed by atoms with van der Waals surface area (Å²) in [6.07, 6.45) is 1.48. The van der Waals surface area contributed by atoms with Crippen LogP contribution in [0.15, 0.2) is 101 Å². The normalized spacial score (nSPS) is 11.2. The molecular weight excluding hydrogens is 471 g/mol. The van der Waals surface area contributed by atoms with Gasteiger partial charge in [0.05, 0.1) is 5.02 Å². The average molecular weight is 491 g/mol. The highest BCUT2D eigenvalue weighted by Crippen LogP contribution is 2.32. The minimum Gasteiger partial charge on any atom is -0.457 e. The van der Waals surface area contributed by atoms with Gasteiger partial charge in [-0.3, -0.25) is 9.59 Å². The number of furan rings is 1. The molecule has 170 valence electrons. The summed E-state index contributed by atoms with van der Waals surface area (Å²) in [4.78, 5) is 25.7. The van der Waals surface area contributed by atoms with Crippen molar-refractivity contribution in [1.82, 2.24) is 10.6 Å². The number of carbonyl (C=O) groups is 2. The quantitative estimate of drug-likeness (QED) is 0.297. The van der Waals surface area contributed by atoms with Crippen molar-refractivity contribution in [2.24, 2.45) is 0 Å². The molecule has 0 radical (unpaired) electrons. The standard InChI is InChI=1S/C27H20Cl2N2O3/c28-20-11-13-22(23(29)15-20)25-14-12-21(34-25)16-24(31-26(32)19-9-5-2-6-10-19)27(33)30-17-18-7-3-1-4-8-18/h1-16H,17H2,(H,30,33)(H,31,32)/b24-16+. The van der Waals surface area contributed by atoms with Gasteiger partial charge in [0.1, 0.15) is 17.2 Å². The second-order valence-corrected chi connectivity index (χ2v) is 8.22. The fourth-order valence-electron chi connectivity index (χ4n) is 3.22. The van der Waals surface area contributed by atoms with Crippen molar-refractivity contribution in [3.8, 4) is 11.3 Å². The van der Waals surface area contributed by atoms with Crippen LogP contribution in [0.25, 0.3) is 17.4 Å². The van der Waals surface area contributed by atoms with Gasteiger partial charge >= 0.3 is 0 Å². The summed E-state index contributed by atoms with van der Waals surface area (Å²) in [6, 6.07) is 26.7. The lowest BCUT2D eigenvalue weighted by Gasteiger charge is -2.11. The van der Waals surface area contributed by atoms with Crippen LogP contribution in [-0.2, 0) is 11.3 Å². The minimum atomic E-state index is -0.449. The summed E-state index contributed by atoms with van der Waals surface area (Å²) in [7, 11) is 0. The first-order valence-corrected chi connectivity index (χ1v) is 11.2. The van der Waals surface area contributed by atoms with Gasteiger partial charge in [-0.05, 0) is 48.0 Å². The van der Waals surface area contributed by atoms with Crippen molar-refractivity contribution in [2.45, 2.75) is 6.54 Å². The largest absolute Gasteiger partial charge is 0.457 e. The third-order valence-corrected chi connectivity index (χ3v) is 5.48. The van der Waals surface area contributed by atoms with Crippen LogP contribution in [0.1, 0.15) is 21.7 Å². The highest BCUT2D eigenvalue weighted by Gasteiger charge is 2.16. The van der Waals surface area contributed by atoms with Gasteiger partial charge in [-0.15, -0.1) is 0 Å². The van der Waals surface area contributed by atoms with Crippen LogP contribution < -0.4 is 10.6 Å². The van der Waals surface area contributed by atoms with Crippen molar-refractivity contribution in [1.29, 1.82) is 0 Å². The Morgan fingerprint density at radius 1 is 0.853 bits per heavy atom. The first kappa shape index (κ1) is 23.4. The Labute approximate surface area is 207 Å². The van der Waals surface area contributed by atoms with Crippen LogP contribution in [0.5, 0.6) is 0 Å².